The zero-order valence-electron chi connectivity index (χ0n) is 12.1. The predicted molar refractivity (Wildman–Crippen MR) is 81.9 cm³/mol. The second kappa shape index (κ2) is 6.35. The van der Waals surface area contributed by atoms with Gasteiger partial charge in [0.1, 0.15) is 5.75 Å². The fourth-order valence-corrected chi connectivity index (χ4v) is 2.87. The predicted octanol–water partition coefficient (Wildman–Crippen LogP) is 1.37. The molecule has 1 aromatic heterocycles. The molecule has 1 amide bonds. The molecule has 0 saturated heterocycles. The maximum absolute atomic E-state index is 11.9. The van der Waals surface area contributed by atoms with Gasteiger partial charge in [-0.15, -0.1) is 5.10 Å². The number of aromatic hydroxyl groups is 1. The van der Waals surface area contributed by atoms with Gasteiger partial charge in [-0.05, 0) is 60.4 Å². The van der Waals surface area contributed by atoms with Gasteiger partial charge in [0.2, 0.25) is 11.1 Å². The van der Waals surface area contributed by atoms with E-state index in [4.69, 9.17) is 0 Å². The molecule has 1 aromatic carbocycles. The van der Waals surface area contributed by atoms with Crippen molar-refractivity contribution in [2.45, 2.75) is 31.0 Å². The van der Waals surface area contributed by atoms with Crippen molar-refractivity contribution in [3.63, 3.8) is 0 Å². The van der Waals surface area contributed by atoms with Crippen LogP contribution in [0.15, 0.2) is 29.4 Å². The quantitative estimate of drug-likeness (QED) is 0.781. The molecule has 2 aromatic rings. The average Bonchev–Trinajstić information content (AvgIpc) is 3.25. The average molecular weight is 319 g/mol. The third kappa shape index (κ3) is 3.56. The lowest BCUT2D eigenvalue weighted by Gasteiger charge is -2.12. The van der Waals surface area contributed by atoms with Crippen LogP contribution in [0.5, 0.6) is 5.75 Å². The molecule has 0 unspecified atom stereocenters. The zero-order valence-corrected chi connectivity index (χ0v) is 13.0. The molecular formula is C14H17N5O2S. The van der Waals surface area contributed by atoms with Crippen molar-refractivity contribution in [3.05, 3.63) is 24.3 Å². The Morgan fingerprint density at radius 3 is 2.86 bits per heavy atom. The number of rotatable bonds is 6. The third-order valence-electron chi connectivity index (χ3n) is 3.59. The van der Waals surface area contributed by atoms with E-state index in [1.54, 1.807) is 28.9 Å². The SMILES string of the molecule is C[C@@H](NC(=O)CSc1nnnn1-c1ccc(O)cc1)C1CC1. The van der Waals surface area contributed by atoms with E-state index in [-0.39, 0.29) is 23.5 Å². The molecule has 0 bridgehead atoms. The van der Waals surface area contributed by atoms with E-state index < -0.39 is 0 Å². The molecule has 0 aliphatic heterocycles. The number of phenolic OH excluding ortho intramolecular Hbond substituents is 1. The minimum atomic E-state index is -0.00958. The summed E-state index contributed by atoms with van der Waals surface area (Å²) >= 11 is 1.29. The summed E-state index contributed by atoms with van der Waals surface area (Å²) in [5.74, 6) is 1.08. The lowest BCUT2D eigenvalue weighted by molar-refractivity contribution is -0.119. The van der Waals surface area contributed by atoms with Crippen molar-refractivity contribution >= 4 is 17.7 Å². The second-order valence-electron chi connectivity index (χ2n) is 5.37. The molecule has 1 saturated carbocycles. The molecule has 3 rings (SSSR count). The van der Waals surface area contributed by atoms with Gasteiger partial charge in [-0.2, -0.15) is 4.68 Å². The number of hydrogen-bond donors (Lipinski definition) is 2. The zero-order chi connectivity index (χ0) is 15.5. The van der Waals surface area contributed by atoms with Crippen LogP contribution in [0.4, 0.5) is 0 Å². The molecule has 1 fully saturated rings. The van der Waals surface area contributed by atoms with Crippen molar-refractivity contribution in [1.82, 2.24) is 25.5 Å². The monoisotopic (exact) mass is 319 g/mol. The number of benzene rings is 1. The standard InChI is InChI=1S/C14H17N5O2S/c1-9(10-2-3-10)15-13(21)8-22-14-16-17-18-19(14)11-4-6-12(20)7-5-11/h4-7,9-10,20H,2-3,8H2,1H3,(H,15,21)/t9-/m1/s1. The molecule has 0 radical (unpaired) electrons. The molecule has 1 aliphatic rings. The van der Waals surface area contributed by atoms with Crippen LogP contribution in [0.2, 0.25) is 0 Å². The van der Waals surface area contributed by atoms with Gasteiger partial charge >= 0.3 is 0 Å². The van der Waals surface area contributed by atoms with Gasteiger partial charge in [0.25, 0.3) is 0 Å². The lowest BCUT2D eigenvalue weighted by Crippen LogP contribution is -2.35. The highest BCUT2D eigenvalue weighted by atomic mass is 32.2. The van der Waals surface area contributed by atoms with Crippen molar-refractivity contribution in [3.8, 4) is 11.4 Å². The second-order valence-corrected chi connectivity index (χ2v) is 6.31. The first-order chi connectivity index (χ1) is 10.6. The molecular weight excluding hydrogens is 302 g/mol. The Bertz CT molecular complexity index is 654. The molecule has 22 heavy (non-hydrogen) atoms. The summed E-state index contributed by atoms with van der Waals surface area (Å²) in [5, 5.41) is 24.4. The highest BCUT2D eigenvalue weighted by Gasteiger charge is 2.28. The molecule has 116 valence electrons. The first-order valence-electron chi connectivity index (χ1n) is 7.13. The van der Waals surface area contributed by atoms with Crippen LogP contribution in [0.25, 0.3) is 5.69 Å². The minimum Gasteiger partial charge on any atom is -0.508 e. The maximum atomic E-state index is 11.9. The minimum absolute atomic E-state index is 0.00958. The number of hydrogen-bond acceptors (Lipinski definition) is 6. The smallest absolute Gasteiger partial charge is 0.230 e. The summed E-state index contributed by atoms with van der Waals surface area (Å²) in [6.07, 6.45) is 2.40. The Labute approximate surface area is 132 Å². The Morgan fingerprint density at radius 2 is 2.18 bits per heavy atom. The van der Waals surface area contributed by atoms with E-state index in [0.29, 0.717) is 11.1 Å². The van der Waals surface area contributed by atoms with E-state index in [2.05, 4.69) is 20.8 Å². The molecule has 1 atom stereocenters. The molecule has 8 heteroatoms. The van der Waals surface area contributed by atoms with Gasteiger partial charge in [0, 0.05) is 6.04 Å². The molecule has 7 nitrogen and oxygen atoms in total. The van der Waals surface area contributed by atoms with Crippen LogP contribution in [0.1, 0.15) is 19.8 Å². The highest BCUT2D eigenvalue weighted by Crippen LogP contribution is 2.32. The Hall–Kier alpha value is -2.09. The number of nitrogens with one attached hydrogen (secondary N) is 1. The Kier molecular flexibility index (Phi) is 4.28. The normalized spacial score (nSPS) is 15.5. The summed E-state index contributed by atoms with van der Waals surface area (Å²) < 4.78 is 1.54. The van der Waals surface area contributed by atoms with Crippen LogP contribution >= 0.6 is 11.8 Å². The van der Waals surface area contributed by atoms with Crippen molar-refractivity contribution in [2.75, 3.05) is 5.75 Å². The summed E-state index contributed by atoms with van der Waals surface area (Å²) in [6.45, 7) is 2.04. The fraction of sp³-hybridized carbons (Fsp3) is 0.429. The van der Waals surface area contributed by atoms with Gasteiger partial charge < -0.3 is 10.4 Å². The number of carbonyl (C=O) groups excluding carboxylic acids is 1. The number of amides is 1. The van der Waals surface area contributed by atoms with Crippen LogP contribution in [-0.4, -0.2) is 43.0 Å². The van der Waals surface area contributed by atoms with Gasteiger partial charge in [-0.25, -0.2) is 0 Å². The number of thioether (sulfide) groups is 1. The largest absolute Gasteiger partial charge is 0.508 e. The number of phenols is 1. The number of tetrazole rings is 1. The van der Waals surface area contributed by atoms with Crippen molar-refractivity contribution in [1.29, 1.82) is 0 Å². The van der Waals surface area contributed by atoms with Crippen LogP contribution < -0.4 is 5.32 Å². The Morgan fingerprint density at radius 1 is 1.45 bits per heavy atom. The fourth-order valence-electron chi connectivity index (χ4n) is 2.16. The van der Waals surface area contributed by atoms with Gasteiger partial charge in [0.05, 0.1) is 11.4 Å². The lowest BCUT2D eigenvalue weighted by atomic mass is 10.2. The third-order valence-corrected chi connectivity index (χ3v) is 4.50. The van der Waals surface area contributed by atoms with Crippen LogP contribution in [-0.2, 0) is 4.79 Å². The van der Waals surface area contributed by atoms with Crippen molar-refractivity contribution < 1.29 is 9.90 Å². The van der Waals surface area contributed by atoms with E-state index >= 15 is 0 Å². The van der Waals surface area contributed by atoms with Crippen molar-refractivity contribution in [2.24, 2.45) is 5.92 Å². The molecule has 0 spiro atoms. The number of aromatic nitrogens is 4. The van der Waals surface area contributed by atoms with E-state index in [9.17, 15) is 9.90 Å². The summed E-state index contributed by atoms with van der Waals surface area (Å²) in [7, 11) is 0. The van der Waals surface area contributed by atoms with Gasteiger partial charge in [-0.1, -0.05) is 11.8 Å². The van der Waals surface area contributed by atoms with Crippen LogP contribution in [0, 0.1) is 5.92 Å². The van der Waals surface area contributed by atoms with E-state index in [1.807, 2.05) is 6.92 Å². The molecule has 1 aliphatic carbocycles. The van der Waals surface area contributed by atoms with Gasteiger partial charge in [-0.3, -0.25) is 4.79 Å². The first-order valence-corrected chi connectivity index (χ1v) is 8.12. The molecule has 1 heterocycles. The number of carbonyl (C=O) groups is 1. The summed E-state index contributed by atoms with van der Waals surface area (Å²) in [5.41, 5.74) is 0.733. The van der Waals surface area contributed by atoms with E-state index in [0.717, 1.165) is 5.69 Å². The van der Waals surface area contributed by atoms with E-state index in [1.165, 1.54) is 24.6 Å². The topological polar surface area (TPSA) is 92.9 Å². The molecule has 2 N–H and O–H groups in total. The maximum Gasteiger partial charge on any atom is 0.230 e. The first kappa shape index (κ1) is 14.8. The summed E-state index contributed by atoms with van der Waals surface area (Å²) in [6, 6.07) is 6.79. The van der Waals surface area contributed by atoms with Gasteiger partial charge in [0.15, 0.2) is 0 Å². The van der Waals surface area contributed by atoms with Crippen LogP contribution in [0.3, 0.4) is 0 Å². The number of nitrogens with zero attached hydrogens (tertiary/aromatic N) is 4. The summed E-state index contributed by atoms with van der Waals surface area (Å²) in [4.78, 5) is 11.9. The Balaban J connectivity index is 1.60. The highest BCUT2D eigenvalue weighted by molar-refractivity contribution is 7.99.